The molecule has 1 saturated heterocycles. The first-order valence-corrected chi connectivity index (χ1v) is 12.8. The van der Waals surface area contributed by atoms with Gasteiger partial charge in [-0.1, -0.05) is 60.7 Å². The summed E-state index contributed by atoms with van der Waals surface area (Å²) < 4.78 is 2.24. The Morgan fingerprint density at radius 2 is 1.54 bits per heavy atom. The number of anilines is 1. The fourth-order valence-electron chi connectivity index (χ4n) is 5.17. The van der Waals surface area contributed by atoms with Gasteiger partial charge in [0, 0.05) is 62.8 Å². The summed E-state index contributed by atoms with van der Waals surface area (Å²) in [6.07, 6.45) is 7.23. The Hall–Kier alpha value is -3.59. The van der Waals surface area contributed by atoms with Crippen molar-refractivity contribution < 1.29 is 0 Å². The van der Waals surface area contributed by atoms with Gasteiger partial charge in [0.2, 0.25) is 0 Å². The van der Waals surface area contributed by atoms with Crippen LogP contribution in [0.3, 0.4) is 0 Å². The average molecular weight is 512 g/mol. The van der Waals surface area contributed by atoms with Crippen molar-refractivity contribution in [1.82, 2.24) is 14.5 Å². The first kappa shape index (κ1) is 26.5. The minimum Gasteiger partial charge on any atom is -0.371 e. The van der Waals surface area contributed by atoms with Gasteiger partial charge in [0.05, 0.1) is 18.0 Å². The minimum absolute atomic E-state index is 0. The van der Waals surface area contributed by atoms with E-state index in [9.17, 15) is 0 Å². The molecule has 5 nitrogen and oxygen atoms in total. The highest BCUT2D eigenvalue weighted by atomic mass is 35.5. The lowest BCUT2D eigenvalue weighted by Gasteiger charge is -2.39. The van der Waals surface area contributed by atoms with E-state index in [0.29, 0.717) is 11.6 Å². The molecule has 190 valence electrons. The third-order valence-corrected chi connectivity index (χ3v) is 7.22. The summed E-state index contributed by atoms with van der Waals surface area (Å²) >= 11 is 0. The lowest BCUT2D eigenvalue weighted by atomic mass is 10.0. The normalized spacial score (nSPS) is 13.8. The number of rotatable bonds is 9. The molecular weight excluding hydrogens is 478 g/mol. The number of hydrogen-bond acceptors (Lipinski definition) is 4. The average Bonchev–Trinajstić information content (AvgIpc) is 3.39. The van der Waals surface area contributed by atoms with Gasteiger partial charge in [0.1, 0.15) is 0 Å². The molecule has 0 unspecified atom stereocenters. The highest BCUT2D eigenvalue weighted by Crippen LogP contribution is 2.24. The van der Waals surface area contributed by atoms with Gasteiger partial charge >= 0.3 is 0 Å². The van der Waals surface area contributed by atoms with Crippen LogP contribution in [0, 0.1) is 11.3 Å². The molecule has 1 aliphatic rings. The molecule has 1 fully saturated rings. The number of piperidine rings is 1. The Kier molecular flexibility index (Phi) is 9.37. The fourth-order valence-corrected chi connectivity index (χ4v) is 5.17. The Bertz CT molecular complexity index is 1260. The zero-order valence-corrected chi connectivity index (χ0v) is 21.9. The van der Waals surface area contributed by atoms with E-state index >= 15 is 0 Å². The number of hydrogen-bond donors (Lipinski definition) is 0. The summed E-state index contributed by atoms with van der Waals surface area (Å²) in [5.74, 6) is 0. The van der Waals surface area contributed by atoms with E-state index in [1.54, 1.807) is 0 Å². The van der Waals surface area contributed by atoms with Gasteiger partial charge in [-0.15, -0.1) is 12.4 Å². The highest BCUT2D eigenvalue weighted by Gasteiger charge is 2.25. The smallest absolute Gasteiger partial charge is 0.0991 e. The van der Waals surface area contributed by atoms with E-state index in [1.807, 2.05) is 36.8 Å². The summed E-state index contributed by atoms with van der Waals surface area (Å²) in [6, 6.07) is 32.2. The number of benzene rings is 3. The molecule has 0 saturated carbocycles. The molecular formula is C31H34ClN5. The van der Waals surface area contributed by atoms with Crippen LogP contribution in [0.1, 0.15) is 35.2 Å². The molecule has 3 aromatic carbocycles. The van der Waals surface area contributed by atoms with E-state index in [0.717, 1.165) is 39.1 Å². The van der Waals surface area contributed by atoms with Crippen LogP contribution in [0.5, 0.6) is 0 Å². The maximum atomic E-state index is 9.06. The zero-order chi connectivity index (χ0) is 24.6. The molecule has 0 N–H and O–H groups in total. The first-order valence-electron chi connectivity index (χ1n) is 12.8. The van der Waals surface area contributed by atoms with Crippen LogP contribution < -0.4 is 4.90 Å². The van der Waals surface area contributed by atoms with E-state index in [2.05, 4.69) is 86.1 Å². The number of para-hydroxylation sites is 1. The molecule has 6 heteroatoms. The fraction of sp³-hybridized carbons (Fsp3) is 0.290. The maximum Gasteiger partial charge on any atom is 0.0991 e. The Balaban J connectivity index is 0.00000320. The van der Waals surface area contributed by atoms with Gasteiger partial charge in [-0.25, -0.2) is 4.98 Å². The van der Waals surface area contributed by atoms with Crippen LogP contribution >= 0.6 is 12.4 Å². The standard InChI is InChI=1S/C31H33N5.ClH/c32-21-26-11-13-28(14-12-26)24-36-25-33-22-31(36)17-20-35(23-27-7-3-1-4-8-27)30-15-18-34(19-16-30)29-9-5-2-6-10-29;/h1-14,22,25,30H,15-20,23-24H2;1H. The molecule has 0 bridgehead atoms. The van der Waals surface area contributed by atoms with Crippen LogP contribution in [0.4, 0.5) is 5.69 Å². The van der Waals surface area contributed by atoms with Crippen molar-refractivity contribution in [2.45, 2.75) is 38.4 Å². The van der Waals surface area contributed by atoms with Crippen molar-refractivity contribution in [3.05, 3.63) is 120 Å². The number of aromatic nitrogens is 2. The van der Waals surface area contributed by atoms with Gasteiger partial charge in [0.15, 0.2) is 0 Å². The summed E-state index contributed by atoms with van der Waals surface area (Å²) in [5, 5.41) is 9.06. The predicted molar refractivity (Wildman–Crippen MR) is 152 cm³/mol. The van der Waals surface area contributed by atoms with Crippen LogP contribution in [0.25, 0.3) is 0 Å². The summed E-state index contributed by atoms with van der Waals surface area (Å²) in [7, 11) is 0. The van der Waals surface area contributed by atoms with Gasteiger partial charge < -0.3 is 9.47 Å². The van der Waals surface area contributed by atoms with Crippen molar-refractivity contribution >= 4 is 18.1 Å². The van der Waals surface area contributed by atoms with Crippen molar-refractivity contribution in [3.63, 3.8) is 0 Å². The number of nitrogens with zero attached hydrogens (tertiary/aromatic N) is 5. The molecule has 37 heavy (non-hydrogen) atoms. The summed E-state index contributed by atoms with van der Waals surface area (Å²) in [5.41, 5.74) is 5.83. The van der Waals surface area contributed by atoms with E-state index < -0.39 is 0 Å². The van der Waals surface area contributed by atoms with Crippen LogP contribution in [-0.2, 0) is 19.5 Å². The number of halogens is 1. The first-order chi connectivity index (χ1) is 17.8. The molecule has 5 rings (SSSR count). The molecule has 1 aliphatic heterocycles. The second-order valence-corrected chi connectivity index (χ2v) is 9.58. The molecule has 0 aliphatic carbocycles. The Labute approximate surface area is 226 Å². The van der Waals surface area contributed by atoms with Crippen molar-refractivity contribution in [2.75, 3.05) is 24.5 Å². The zero-order valence-electron chi connectivity index (χ0n) is 21.1. The van der Waals surface area contributed by atoms with E-state index in [-0.39, 0.29) is 12.4 Å². The molecule has 0 spiro atoms. The molecule has 4 aromatic rings. The summed E-state index contributed by atoms with van der Waals surface area (Å²) in [4.78, 5) is 9.65. The maximum absolute atomic E-state index is 9.06. The van der Waals surface area contributed by atoms with Crippen LogP contribution in [0.15, 0.2) is 97.5 Å². The monoisotopic (exact) mass is 511 g/mol. The number of nitriles is 1. The van der Waals surface area contributed by atoms with Crippen molar-refractivity contribution in [1.29, 1.82) is 5.26 Å². The van der Waals surface area contributed by atoms with Crippen molar-refractivity contribution in [3.8, 4) is 6.07 Å². The van der Waals surface area contributed by atoms with Gasteiger partial charge in [-0.3, -0.25) is 4.90 Å². The molecule has 2 heterocycles. The Morgan fingerprint density at radius 3 is 2.22 bits per heavy atom. The third-order valence-electron chi connectivity index (χ3n) is 7.22. The van der Waals surface area contributed by atoms with E-state index in [4.69, 9.17) is 5.26 Å². The van der Waals surface area contributed by atoms with Gasteiger partial charge in [-0.05, 0) is 48.2 Å². The Morgan fingerprint density at radius 1 is 0.865 bits per heavy atom. The SMILES string of the molecule is Cl.N#Cc1ccc(Cn2cncc2CCN(Cc2ccccc2)C2CCN(c3ccccc3)CC2)cc1. The minimum atomic E-state index is 0. The number of imidazole rings is 1. The highest BCUT2D eigenvalue weighted by molar-refractivity contribution is 5.85. The lowest BCUT2D eigenvalue weighted by Crippen LogP contribution is -2.45. The van der Waals surface area contributed by atoms with E-state index in [1.165, 1.54) is 35.3 Å². The van der Waals surface area contributed by atoms with Crippen molar-refractivity contribution in [2.24, 2.45) is 0 Å². The topological polar surface area (TPSA) is 48.1 Å². The van der Waals surface area contributed by atoms with Gasteiger partial charge in [-0.2, -0.15) is 5.26 Å². The second kappa shape index (κ2) is 13.1. The lowest BCUT2D eigenvalue weighted by molar-refractivity contribution is 0.161. The van der Waals surface area contributed by atoms with Crippen LogP contribution in [-0.4, -0.2) is 40.1 Å². The molecule has 0 radical (unpaired) electrons. The quantitative estimate of drug-likeness (QED) is 0.279. The molecule has 0 amide bonds. The largest absolute Gasteiger partial charge is 0.371 e. The predicted octanol–water partition coefficient (Wildman–Crippen LogP) is 5.94. The second-order valence-electron chi connectivity index (χ2n) is 9.58. The third kappa shape index (κ3) is 7.01. The van der Waals surface area contributed by atoms with Gasteiger partial charge in [0.25, 0.3) is 0 Å². The van der Waals surface area contributed by atoms with Crippen LogP contribution in [0.2, 0.25) is 0 Å². The molecule has 0 atom stereocenters. The summed E-state index contributed by atoms with van der Waals surface area (Å²) in [6.45, 7) is 4.94. The molecule has 1 aromatic heterocycles.